The number of hydrogen-bond donors (Lipinski definition) is 1. The van der Waals surface area contributed by atoms with Crippen LogP contribution in [0.4, 0.5) is 4.39 Å². The molecule has 0 unspecified atom stereocenters. The number of aromatic nitrogens is 2. The second-order valence-corrected chi connectivity index (χ2v) is 6.47. The van der Waals surface area contributed by atoms with Crippen molar-refractivity contribution >= 4 is 11.7 Å². The van der Waals surface area contributed by atoms with Gasteiger partial charge in [-0.15, -0.1) is 0 Å². The average Bonchev–Trinajstić information content (AvgIpc) is 3.26. The molecule has 3 rings (SSSR count). The zero-order chi connectivity index (χ0) is 17.6. The summed E-state index contributed by atoms with van der Waals surface area (Å²) in [4.78, 5) is 28.3. The van der Waals surface area contributed by atoms with E-state index in [1.54, 1.807) is 12.5 Å². The fourth-order valence-electron chi connectivity index (χ4n) is 3.40. The monoisotopic (exact) mass is 343 g/mol. The number of nitrogens with one attached hydrogen (secondary N) is 1. The van der Waals surface area contributed by atoms with Crippen LogP contribution in [0.3, 0.4) is 0 Å². The van der Waals surface area contributed by atoms with E-state index < -0.39 is 0 Å². The molecule has 1 N–H and O–H groups in total. The first-order valence-electron chi connectivity index (χ1n) is 8.69. The van der Waals surface area contributed by atoms with Gasteiger partial charge in [-0.05, 0) is 49.9 Å². The normalized spacial score (nSPS) is 19.7. The molecule has 1 aromatic heterocycles. The van der Waals surface area contributed by atoms with Crippen LogP contribution < -0.4 is 5.32 Å². The summed E-state index contributed by atoms with van der Waals surface area (Å²) < 4.78 is 14.9. The molecule has 2 aromatic rings. The van der Waals surface area contributed by atoms with Gasteiger partial charge in [-0.2, -0.15) is 0 Å². The summed E-state index contributed by atoms with van der Waals surface area (Å²) in [6, 6.07) is 5.88. The Kier molecular flexibility index (Phi) is 5.58. The number of carbonyl (C=O) groups excluding carboxylic acids is 2. The summed E-state index contributed by atoms with van der Waals surface area (Å²) in [5.41, 5.74) is 0.484. The van der Waals surface area contributed by atoms with Crippen molar-refractivity contribution in [2.75, 3.05) is 0 Å². The van der Waals surface area contributed by atoms with Crippen molar-refractivity contribution in [1.29, 1.82) is 0 Å². The molecule has 0 saturated heterocycles. The molecule has 2 atom stereocenters. The van der Waals surface area contributed by atoms with Crippen LogP contribution in [0.5, 0.6) is 0 Å². The van der Waals surface area contributed by atoms with Crippen LogP contribution in [0.1, 0.15) is 54.9 Å². The minimum absolute atomic E-state index is 0.0241. The second-order valence-electron chi connectivity index (χ2n) is 6.47. The lowest BCUT2D eigenvalue weighted by Gasteiger charge is -2.22. The highest BCUT2D eigenvalue weighted by Gasteiger charge is 2.29. The fourth-order valence-corrected chi connectivity index (χ4v) is 3.40. The summed E-state index contributed by atoms with van der Waals surface area (Å²) in [6.07, 6.45) is 9.63. The van der Waals surface area contributed by atoms with Crippen molar-refractivity contribution in [3.05, 3.63) is 54.4 Å². The van der Waals surface area contributed by atoms with Gasteiger partial charge in [0, 0.05) is 36.8 Å². The standard InChI is InChI=1S/C19H22FN3O2/c20-15-9-7-14(8-10-15)18(24)5-2-6-19(25)22-16-3-1-4-17(16)23-12-11-21-13-23/h7-13,16-17H,1-6H2,(H,22,25)/t16-,17+/m1/s1. The molecule has 1 aliphatic carbocycles. The van der Waals surface area contributed by atoms with Crippen molar-refractivity contribution in [2.45, 2.75) is 50.6 Å². The van der Waals surface area contributed by atoms with Gasteiger partial charge in [0.05, 0.1) is 12.4 Å². The number of ketones is 1. The highest BCUT2D eigenvalue weighted by Crippen LogP contribution is 2.30. The minimum Gasteiger partial charge on any atom is -0.351 e. The molecule has 1 saturated carbocycles. The molecular formula is C19H22FN3O2. The quantitative estimate of drug-likeness (QED) is 0.785. The number of hydrogen-bond acceptors (Lipinski definition) is 3. The Morgan fingerprint density at radius 2 is 2.00 bits per heavy atom. The Bertz CT molecular complexity index is 713. The molecule has 0 radical (unpaired) electrons. The molecule has 0 bridgehead atoms. The maximum absolute atomic E-state index is 12.9. The minimum atomic E-state index is -0.361. The fraction of sp³-hybridized carbons (Fsp3) is 0.421. The predicted molar refractivity (Wildman–Crippen MR) is 91.6 cm³/mol. The van der Waals surface area contributed by atoms with Gasteiger partial charge in [0.25, 0.3) is 0 Å². The first-order valence-corrected chi connectivity index (χ1v) is 8.69. The number of imidazole rings is 1. The van der Waals surface area contributed by atoms with Crippen LogP contribution in [0, 0.1) is 5.82 Å². The highest BCUT2D eigenvalue weighted by molar-refractivity contribution is 5.96. The predicted octanol–water partition coefficient (Wildman–Crippen LogP) is 3.29. The molecule has 0 aliphatic heterocycles. The maximum Gasteiger partial charge on any atom is 0.220 e. The van der Waals surface area contributed by atoms with E-state index in [1.165, 1.54) is 24.3 Å². The lowest BCUT2D eigenvalue weighted by molar-refractivity contribution is -0.122. The van der Waals surface area contributed by atoms with E-state index in [1.807, 2.05) is 6.20 Å². The Morgan fingerprint density at radius 3 is 2.72 bits per heavy atom. The van der Waals surface area contributed by atoms with E-state index in [0.717, 1.165) is 19.3 Å². The molecule has 1 fully saturated rings. The lowest BCUT2D eigenvalue weighted by atomic mass is 10.1. The third kappa shape index (κ3) is 4.53. The molecule has 1 aliphatic rings. The number of carbonyl (C=O) groups is 2. The maximum atomic E-state index is 12.9. The van der Waals surface area contributed by atoms with Crippen LogP contribution in [-0.2, 0) is 4.79 Å². The molecule has 6 heteroatoms. The van der Waals surface area contributed by atoms with Crippen molar-refractivity contribution in [1.82, 2.24) is 14.9 Å². The second kappa shape index (κ2) is 8.05. The Balaban J connectivity index is 1.43. The van der Waals surface area contributed by atoms with Crippen molar-refractivity contribution in [3.8, 4) is 0 Å². The molecule has 25 heavy (non-hydrogen) atoms. The average molecular weight is 343 g/mol. The van der Waals surface area contributed by atoms with Crippen LogP contribution in [0.2, 0.25) is 0 Å². The first-order chi connectivity index (χ1) is 12.1. The van der Waals surface area contributed by atoms with Gasteiger partial charge >= 0.3 is 0 Å². The van der Waals surface area contributed by atoms with Gasteiger partial charge in [-0.25, -0.2) is 9.37 Å². The van der Waals surface area contributed by atoms with Crippen molar-refractivity contribution < 1.29 is 14.0 Å². The molecule has 0 spiro atoms. The number of benzene rings is 1. The van der Waals surface area contributed by atoms with E-state index in [-0.39, 0.29) is 36.0 Å². The first kappa shape index (κ1) is 17.3. The largest absolute Gasteiger partial charge is 0.351 e. The van der Waals surface area contributed by atoms with Gasteiger partial charge in [0.1, 0.15) is 5.82 Å². The zero-order valence-corrected chi connectivity index (χ0v) is 14.0. The number of amides is 1. The molecular weight excluding hydrogens is 321 g/mol. The topological polar surface area (TPSA) is 64.0 Å². The number of nitrogens with zero attached hydrogens (tertiary/aromatic N) is 2. The van der Waals surface area contributed by atoms with Gasteiger partial charge in [0.15, 0.2) is 5.78 Å². The third-order valence-electron chi connectivity index (χ3n) is 4.71. The summed E-state index contributed by atoms with van der Waals surface area (Å²) in [5.74, 6) is -0.450. The smallest absolute Gasteiger partial charge is 0.220 e. The van der Waals surface area contributed by atoms with Crippen LogP contribution in [0.15, 0.2) is 43.0 Å². The molecule has 132 valence electrons. The van der Waals surface area contributed by atoms with E-state index in [4.69, 9.17) is 0 Å². The van der Waals surface area contributed by atoms with Crippen LogP contribution in [-0.4, -0.2) is 27.3 Å². The molecule has 5 nitrogen and oxygen atoms in total. The van der Waals surface area contributed by atoms with Gasteiger partial charge in [-0.3, -0.25) is 9.59 Å². The Labute approximate surface area is 146 Å². The van der Waals surface area contributed by atoms with E-state index >= 15 is 0 Å². The lowest BCUT2D eigenvalue weighted by Crippen LogP contribution is -2.38. The number of Topliss-reactive ketones (excluding diaryl/α,β-unsaturated/α-hetero) is 1. The summed E-state index contributed by atoms with van der Waals surface area (Å²) in [5, 5.41) is 3.09. The van der Waals surface area contributed by atoms with Gasteiger partial charge in [-0.1, -0.05) is 0 Å². The molecule has 1 heterocycles. The van der Waals surface area contributed by atoms with E-state index in [2.05, 4.69) is 14.9 Å². The Hall–Kier alpha value is -2.50. The summed E-state index contributed by atoms with van der Waals surface area (Å²) >= 11 is 0. The summed E-state index contributed by atoms with van der Waals surface area (Å²) in [7, 11) is 0. The van der Waals surface area contributed by atoms with Crippen LogP contribution in [0.25, 0.3) is 0 Å². The highest BCUT2D eigenvalue weighted by atomic mass is 19.1. The zero-order valence-electron chi connectivity index (χ0n) is 14.0. The van der Waals surface area contributed by atoms with E-state index in [9.17, 15) is 14.0 Å². The third-order valence-corrected chi connectivity index (χ3v) is 4.71. The van der Waals surface area contributed by atoms with Crippen molar-refractivity contribution in [2.24, 2.45) is 0 Å². The number of rotatable bonds is 7. The van der Waals surface area contributed by atoms with E-state index in [0.29, 0.717) is 18.4 Å². The SMILES string of the molecule is O=C(CCCC(=O)c1ccc(F)cc1)N[C@@H]1CCC[C@@H]1n1ccnc1. The molecule has 1 amide bonds. The molecule has 1 aromatic carbocycles. The Morgan fingerprint density at radius 1 is 1.20 bits per heavy atom. The summed E-state index contributed by atoms with van der Waals surface area (Å²) in [6.45, 7) is 0. The van der Waals surface area contributed by atoms with Crippen molar-refractivity contribution in [3.63, 3.8) is 0 Å². The van der Waals surface area contributed by atoms with Gasteiger partial charge < -0.3 is 9.88 Å². The van der Waals surface area contributed by atoms with Crippen LogP contribution >= 0.6 is 0 Å². The van der Waals surface area contributed by atoms with Gasteiger partial charge in [0.2, 0.25) is 5.91 Å². The number of halogens is 1.